The highest BCUT2D eigenvalue weighted by Gasteiger charge is 2.22. The summed E-state index contributed by atoms with van der Waals surface area (Å²) in [5.74, 6) is -1.26. The van der Waals surface area contributed by atoms with Crippen LogP contribution >= 0.6 is 0 Å². The number of nitro groups is 1. The Balaban J connectivity index is 2.48. The number of aromatic nitrogens is 1. The van der Waals surface area contributed by atoms with Gasteiger partial charge in [0, 0.05) is 23.9 Å². The van der Waals surface area contributed by atoms with Crippen molar-refractivity contribution >= 4 is 5.69 Å². The summed E-state index contributed by atoms with van der Waals surface area (Å²) in [4.78, 5) is 14.1. The van der Waals surface area contributed by atoms with Crippen molar-refractivity contribution in [3.05, 3.63) is 58.0 Å². The highest BCUT2D eigenvalue weighted by atomic mass is 19.1. The van der Waals surface area contributed by atoms with Crippen LogP contribution in [0.4, 0.5) is 10.1 Å². The third kappa shape index (κ3) is 2.72. The normalized spacial score (nSPS) is 11.9. The fourth-order valence-electron chi connectivity index (χ4n) is 1.67. The number of hydrogen-bond donors (Lipinski definition) is 1. The Morgan fingerprint density at radius 3 is 2.80 bits per heavy atom. The minimum atomic E-state index is -0.833. The maximum Gasteiger partial charge on any atom is 0.314 e. The lowest BCUT2D eigenvalue weighted by molar-refractivity contribution is -0.385. The van der Waals surface area contributed by atoms with E-state index in [1.165, 1.54) is 12.3 Å². The SMILES string of the molecule is C[C@@H](N)c1cccnc1Oc1c(F)cccc1[N+](=O)[O-]. The molecule has 0 amide bonds. The van der Waals surface area contributed by atoms with E-state index < -0.39 is 28.2 Å². The number of pyridine rings is 1. The summed E-state index contributed by atoms with van der Waals surface area (Å²) in [6.45, 7) is 1.71. The van der Waals surface area contributed by atoms with E-state index in [0.717, 1.165) is 12.1 Å². The molecule has 1 heterocycles. The van der Waals surface area contributed by atoms with Gasteiger partial charge >= 0.3 is 5.69 Å². The predicted octanol–water partition coefficient (Wildman–Crippen LogP) is 2.94. The third-order valence-corrected chi connectivity index (χ3v) is 2.63. The number of benzene rings is 1. The average Bonchev–Trinajstić information content (AvgIpc) is 2.41. The van der Waals surface area contributed by atoms with E-state index in [0.29, 0.717) is 5.56 Å². The zero-order valence-electron chi connectivity index (χ0n) is 10.6. The van der Waals surface area contributed by atoms with Crippen LogP contribution in [0.25, 0.3) is 0 Å². The summed E-state index contributed by atoms with van der Waals surface area (Å²) in [7, 11) is 0. The molecular formula is C13H12FN3O3. The monoisotopic (exact) mass is 277 g/mol. The first-order valence-electron chi connectivity index (χ1n) is 5.82. The fraction of sp³-hybridized carbons (Fsp3) is 0.154. The molecule has 2 N–H and O–H groups in total. The highest BCUT2D eigenvalue weighted by molar-refractivity contribution is 5.49. The van der Waals surface area contributed by atoms with Gasteiger partial charge in [0.05, 0.1) is 4.92 Å². The van der Waals surface area contributed by atoms with Crippen molar-refractivity contribution in [1.29, 1.82) is 0 Å². The van der Waals surface area contributed by atoms with Crippen LogP contribution in [-0.2, 0) is 0 Å². The molecule has 6 nitrogen and oxygen atoms in total. The number of halogens is 1. The second kappa shape index (κ2) is 5.62. The van der Waals surface area contributed by atoms with E-state index in [1.54, 1.807) is 19.1 Å². The van der Waals surface area contributed by atoms with E-state index in [-0.39, 0.29) is 5.88 Å². The first-order chi connectivity index (χ1) is 9.50. The molecule has 0 saturated carbocycles. The molecule has 20 heavy (non-hydrogen) atoms. The van der Waals surface area contributed by atoms with Crippen LogP contribution in [0.3, 0.4) is 0 Å². The number of para-hydroxylation sites is 1. The summed E-state index contributed by atoms with van der Waals surface area (Å²) < 4.78 is 19.0. The number of nitro benzene ring substituents is 1. The molecule has 1 atom stereocenters. The molecule has 104 valence electrons. The van der Waals surface area contributed by atoms with E-state index in [2.05, 4.69) is 4.98 Å². The molecule has 1 aromatic carbocycles. The molecule has 1 aromatic heterocycles. The number of hydrogen-bond acceptors (Lipinski definition) is 5. The van der Waals surface area contributed by atoms with Crippen LogP contribution in [0, 0.1) is 15.9 Å². The number of rotatable bonds is 4. The first-order valence-corrected chi connectivity index (χ1v) is 5.82. The van der Waals surface area contributed by atoms with Crippen molar-refractivity contribution < 1.29 is 14.1 Å². The Hall–Kier alpha value is -2.54. The smallest absolute Gasteiger partial charge is 0.314 e. The quantitative estimate of drug-likeness (QED) is 0.685. The molecular weight excluding hydrogens is 265 g/mol. The molecule has 0 unspecified atom stereocenters. The van der Waals surface area contributed by atoms with Gasteiger partial charge in [-0.3, -0.25) is 10.1 Å². The molecule has 7 heteroatoms. The molecule has 0 aliphatic rings. The molecule has 0 radical (unpaired) electrons. The van der Waals surface area contributed by atoms with Gasteiger partial charge in [0.25, 0.3) is 0 Å². The molecule has 2 rings (SSSR count). The fourth-order valence-corrected chi connectivity index (χ4v) is 1.67. The summed E-state index contributed by atoms with van der Waals surface area (Å²) in [5.41, 5.74) is 5.82. The van der Waals surface area contributed by atoms with E-state index in [9.17, 15) is 14.5 Å². The molecule has 0 fully saturated rings. The molecule has 0 saturated heterocycles. The van der Waals surface area contributed by atoms with Crippen molar-refractivity contribution in [1.82, 2.24) is 4.98 Å². The second-order valence-corrected chi connectivity index (χ2v) is 4.13. The van der Waals surface area contributed by atoms with Crippen LogP contribution < -0.4 is 10.5 Å². The van der Waals surface area contributed by atoms with Crippen LogP contribution in [0.15, 0.2) is 36.5 Å². The largest absolute Gasteiger partial charge is 0.428 e. The van der Waals surface area contributed by atoms with Gasteiger partial charge in [-0.05, 0) is 19.1 Å². The summed E-state index contributed by atoms with van der Waals surface area (Å²) in [5, 5.41) is 10.9. The molecule has 0 aliphatic carbocycles. The van der Waals surface area contributed by atoms with Crippen LogP contribution in [0.5, 0.6) is 11.6 Å². The van der Waals surface area contributed by atoms with Gasteiger partial charge in [-0.1, -0.05) is 12.1 Å². The minimum absolute atomic E-state index is 0.0516. The van der Waals surface area contributed by atoms with Gasteiger partial charge in [-0.15, -0.1) is 0 Å². The average molecular weight is 277 g/mol. The highest BCUT2D eigenvalue weighted by Crippen LogP contribution is 2.35. The summed E-state index contributed by atoms with van der Waals surface area (Å²) >= 11 is 0. The van der Waals surface area contributed by atoms with Gasteiger partial charge in [0.2, 0.25) is 11.6 Å². The van der Waals surface area contributed by atoms with E-state index >= 15 is 0 Å². The number of nitrogens with two attached hydrogens (primary N) is 1. The van der Waals surface area contributed by atoms with Crippen molar-refractivity contribution in [2.24, 2.45) is 5.73 Å². The molecule has 0 spiro atoms. The van der Waals surface area contributed by atoms with Gasteiger partial charge in [-0.2, -0.15) is 0 Å². The Labute approximate surface area is 114 Å². The van der Waals surface area contributed by atoms with Crippen molar-refractivity contribution in [3.8, 4) is 11.6 Å². The zero-order valence-corrected chi connectivity index (χ0v) is 10.6. The van der Waals surface area contributed by atoms with Crippen LogP contribution in [-0.4, -0.2) is 9.91 Å². The van der Waals surface area contributed by atoms with Gasteiger partial charge < -0.3 is 10.5 Å². The van der Waals surface area contributed by atoms with Crippen LogP contribution in [0.2, 0.25) is 0 Å². The lowest BCUT2D eigenvalue weighted by atomic mass is 10.1. The maximum atomic E-state index is 13.7. The summed E-state index contributed by atoms with van der Waals surface area (Å²) in [6, 6.07) is 6.40. The van der Waals surface area contributed by atoms with Crippen molar-refractivity contribution in [2.45, 2.75) is 13.0 Å². The molecule has 0 aliphatic heterocycles. The topological polar surface area (TPSA) is 91.3 Å². The second-order valence-electron chi connectivity index (χ2n) is 4.13. The number of ether oxygens (including phenoxy) is 1. The Bertz CT molecular complexity index is 647. The minimum Gasteiger partial charge on any atom is -0.428 e. The standard InChI is InChI=1S/C13H12FN3O3/c1-8(15)9-4-3-7-16-13(9)20-12-10(14)5-2-6-11(12)17(18)19/h2-8H,15H2,1H3/t8-/m1/s1. The Kier molecular flexibility index (Phi) is 3.90. The summed E-state index contributed by atoms with van der Waals surface area (Å²) in [6.07, 6.45) is 1.44. The Morgan fingerprint density at radius 1 is 1.40 bits per heavy atom. The van der Waals surface area contributed by atoms with Crippen molar-refractivity contribution in [2.75, 3.05) is 0 Å². The number of nitrogens with zero attached hydrogens (tertiary/aromatic N) is 2. The first kappa shape index (κ1) is 13.9. The van der Waals surface area contributed by atoms with Gasteiger partial charge in [0.1, 0.15) is 0 Å². The lowest BCUT2D eigenvalue weighted by Crippen LogP contribution is -2.08. The van der Waals surface area contributed by atoms with E-state index in [1.807, 2.05) is 0 Å². The molecule has 0 bridgehead atoms. The maximum absolute atomic E-state index is 13.7. The molecule has 2 aromatic rings. The zero-order chi connectivity index (χ0) is 14.7. The predicted molar refractivity (Wildman–Crippen MR) is 70.0 cm³/mol. The third-order valence-electron chi connectivity index (χ3n) is 2.63. The van der Waals surface area contributed by atoms with Crippen molar-refractivity contribution in [3.63, 3.8) is 0 Å². The lowest BCUT2D eigenvalue weighted by Gasteiger charge is -2.12. The van der Waals surface area contributed by atoms with Gasteiger partial charge in [-0.25, -0.2) is 9.37 Å². The van der Waals surface area contributed by atoms with E-state index in [4.69, 9.17) is 10.5 Å². The van der Waals surface area contributed by atoms with Gasteiger partial charge in [0.15, 0.2) is 5.82 Å². The van der Waals surface area contributed by atoms with Crippen LogP contribution in [0.1, 0.15) is 18.5 Å². The Morgan fingerprint density at radius 2 is 2.15 bits per heavy atom.